The van der Waals surface area contributed by atoms with Crippen LogP contribution in [-0.2, 0) is 11.3 Å². The van der Waals surface area contributed by atoms with Gasteiger partial charge in [0.2, 0.25) is 0 Å². The van der Waals surface area contributed by atoms with Crippen molar-refractivity contribution in [1.29, 1.82) is 0 Å². The molecule has 4 aromatic rings. The summed E-state index contributed by atoms with van der Waals surface area (Å²) in [5.41, 5.74) is 8.31. The van der Waals surface area contributed by atoms with Gasteiger partial charge in [0, 0.05) is 50.5 Å². The van der Waals surface area contributed by atoms with Crippen molar-refractivity contribution in [2.24, 2.45) is 0 Å². The number of para-hydroxylation sites is 2. The molecule has 0 unspecified atom stereocenters. The zero-order valence-corrected chi connectivity index (χ0v) is 26.3. The number of piperazine rings is 1. The highest BCUT2D eigenvalue weighted by molar-refractivity contribution is 6.09. The molecule has 2 heterocycles. The zero-order chi connectivity index (χ0) is 31.3. The summed E-state index contributed by atoms with van der Waals surface area (Å²) >= 11 is 0. The Labute approximate surface area is 265 Å². The first kappa shape index (κ1) is 30.2. The Morgan fingerprint density at radius 3 is 2.36 bits per heavy atom. The highest BCUT2D eigenvalue weighted by Crippen LogP contribution is 2.36. The quantitative estimate of drug-likeness (QED) is 0.247. The molecule has 0 saturated carbocycles. The van der Waals surface area contributed by atoms with Crippen molar-refractivity contribution in [3.05, 3.63) is 130 Å². The number of anilines is 2. The second-order valence-electron chi connectivity index (χ2n) is 11.9. The standard InChI is InChI=1S/C38H40N4O3/c1-27-8-6-10-31(24-27)26-42-34-11-4-5-13-35(34)45-36(38(42)44)25-30-14-16-32(17-15-30)37(43)39-18-19-40-20-22-41(23-21-40)33-12-7-9-28(2)29(33)3/h4-17,24-25H,18-23,26H2,1-3H3,(H,39,43)/b36-25+. The van der Waals surface area contributed by atoms with Crippen LogP contribution in [0.4, 0.5) is 11.4 Å². The van der Waals surface area contributed by atoms with Gasteiger partial charge in [0.05, 0.1) is 12.2 Å². The molecule has 2 aliphatic rings. The predicted octanol–water partition coefficient (Wildman–Crippen LogP) is 6.13. The van der Waals surface area contributed by atoms with Crippen LogP contribution >= 0.6 is 0 Å². The van der Waals surface area contributed by atoms with Gasteiger partial charge in [-0.2, -0.15) is 0 Å². The normalized spacial score (nSPS) is 16.0. The van der Waals surface area contributed by atoms with Crippen LogP contribution < -0.4 is 19.9 Å². The molecule has 230 valence electrons. The zero-order valence-electron chi connectivity index (χ0n) is 26.3. The summed E-state index contributed by atoms with van der Waals surface area (Å²) < 4.78 is 6.05. The van der Waals surface area contributed by atoms with Gasteiger partial charge in [0.15, 0.2) is 11.5 Å². The lowest BCUT2D eigenvalue weighted by molar-refractivity contribution is -0.117. The first-order valence-corrected chi connectivity index (χ1v) is 15.6. The van der Waals surface area contributed by atoms with Gasteiger partial charge in [-0.15, -0.1) is 0 Å². The fourth-order valence-corrected chi connectivity index (χ4v) is 6.01. The van der Waals surface area contributed by atoms with E-state index in [1.165, 1.54) is 16.8 Å². The van der Waals surface area contributed by atoms with Crippen molar-refractivity contribution < 1.29 is 14.3 Å². The van der Waals surface area contributed by atoms with E-state index in [1.807, 2.05) is 61.5 Å². The smallest absolute Gasteiger partial charge is 0.294 e. The number of hydrogen-bond donors (Lipinski definition) is 1. The third kappa shape index (κ3) is 6.94. The molecule has 4 aromatic carbocycles. The van der Waals surface area contributed by atoms with Gasteiger partial charge in [0.1, 0.15) is 0 Å². The van der Waals surface area contributed by atoms with Crippen LogP contribution in [0, 0.1) is 20.8 Å². The molecule has 1 fully saturated rings. The minimum Gasteiger partial charge on any atom is -0.449 e. The minimum absolute atomic E-state index is 0.105. The molecular weight excluding hydrogens is 560 g/mol. The van der Waals surface area contributed by atoms with E-state index in [2.05, 4.69) is 53.2 Å². The summed E-state index contributed by atoms with van der Waals surface area (Å²) in [5.74, 6) is 0.577. The van der Waals surface area contributed by atoms with Crippen molar-refractivity contribution in [2.45, 2.75) is 27.3 Å². The Kier molecular flexibility index (Phi) is 8.98. The van der Waals surface area contributed by atoms with Crippen LogP contribution in [0.2, 0.25) is 0 Å². The summed E-state index contributed by atoms with van der Waals surface area (Å²) in [6.07, 6.45) is 1.74. The highest BCUT2D eigenvalue weighted by Gasteiger charge is 2.30. The topological polar surface area (TPSA) is 65.1 Å². The summed E-state index contributed by atoms with van der Waals surface area (Å²) in [4.78, 5) is 33.1. The number of aryl methyl sites for hydroxylation is 2. The summed E-state index contributed by atoms with van der Waals surface area (Å²) in [7, 11) is 0. The Bertz CT molecular complexity index is 1720. The SMILES string of the molecule is Cc1cccc(CN2C(=O)/C(=C\c3ccc(C(=O)NCCN4CCN(c5cccc(C)c5C)CC4)cc3)Oc3ccccc32)c1. The Balaban J connectivity index is 1.04. The van der Waals surface area contributed by atoms with Gasteiger partial charge in [-0.25, -0.2) is 0 Å². The van der Waals surface area contributed by atoms with Crippen molar-refractivity contribution in [3.63, 3.8) is 0 Å². The lowest BCUT2D eigenvalue weighted by Crippen LogP contribution is -2.48. The average molecular weight is 601 g/mol. The number of nitrogens with one attached hydrogen (secondary N) is 1. The Morgan fingerprint density at radius 1 is 0.844 bits per heavy atom. The first-order valence-electron chi connectivity index (χ1n) is 15.6. The molecule has 45 heavy (non-hydrogen) atoms. The number of carbonyl (C=O) groups is 2. The van der Waals surface area contributed by atoms with Gasteiger partial charge < -0.3 is 15.0 Å². The molecule has 0 atom stereocenters. The summed E-state index contributed by atoms with van der Waals surface area (Å²) in [6.45, 7) is 12.2. The lowest BCUT2D eigenvalue weighted by Gasteiger charge is -2.37. The molecule has 0 spiro atoms. The van der Waals surface area contributed by atoms with Crippen LogP contribution in [-0.4, -0.2) is 56.0 Å². The number of carbonyl (C=O) groups excluding carboxylic acids is 2. The maximum atomic E-state index is 13.6. The van der Waals surface area contributed by atoms with E-state index >= 15 is 0 Å². The van der Waals surface area contributed by atoms with Crippen molar-refractivity contribution in [2.75, 3.05) is 49.1 Å². The highest BCUT2D eigenvalue weighted by atomic mass is 16.5. The minimum atomic E-state index is -0.202. The van der Waals surface area contributed by atoms with E-state index in [1.54, 1.807) is 23.1 Å². The maximum absolute atomic E-state index is 13.6. The predicted molar refractivity (Wildman–Crippen MR) is 181 cm³/mol. The number of rotatable bonds is 8. The van der Waals surface area contributed by atoms with Gasteiger partial charge in [-0.05, 0) is 79.4 Å². The van der Waals surface area contributed by atoms with E-state index in [0.29, 0.717) is 24.4 Å². The number of fused-ring (bicyclic) bond motifs is 1. The van der Waals surface area contributed by atoms with E-state index in [0.717, 1.165) is 55.1 Å². The molecule has 1 N–H and O–H groups in total. The van der Waals surface area contributed by atoms with Gasteiger partial charge in [0.25, 0.3) is 11.8 Å². The first-order chi connectivity index (χ1) is 21.9. The fraction of sp³-hybridized carbons (Fsp3) is 0.263. The van der Waals surface area contributed by atoms with Crippen molar-refractivity contribution in [1.82, 2.24) is 10.2 Å². The number of amides is 2. The van der Waals surface area contributed by atoms with Crippen LogP contribution in [0.3, 0.4) is 0 Å². The fourth-order valence-electron chi connectivity index (χ4n) is 6.01. The number of ether oxygens (including phenoxy) is 1. The molecule has 0 radical (unpaired) electrons. The number of nitrogens with zero attached hydrogens (tertiary/aromatic N) is 3. The van der Waals surface area contributed by atoms with Crippen LogP contribution in [0.1, 0.15) is 38.2 Å². The molecule has 0 bridgehead atoms. The van der Waals surface area contributed by atoms with Gasteiger partial charge >= 0.3 is 0 Å². The second-order valence-corrected chi connectivity index (χ2v) is 11.9. The molecular formula is C38H40N4O3. The molecule has 2 aliphatic heterocycles. The molecule has 1 saturated heterocycles. The molecule has 0 aromatic heterocycles. The molecule has 7 nitrogen and oxygen atoms in total. The van der Waals surface area contributed by atoms with E-state index < -0.39 is 0 Å². The second kappa shape index (κ2) is 13.4. The van der Waals surface area contributed by atoms with E-state index in [4.69, 9.17) is 4.74 Å². The molecule has 6 rings (SSSR count). The van der Waals surface area contributed by atoms with Crippen LogP contribution in [0.15, 0.2) is 96.8 Å². The molecule has 0 aliphatic carbocycles. The Morgan fingerprint density at radius 2 is 1.58 bits per heavy atom. The Hall–Kier alpha value is -4.88. The van der Waals surface area contributed by atoms with E-state index in [9.17, 15) is 9.59 Å². The van der Waals surface area contributed by atoms with Crippen LogP contribution in [0.5, 0.6) is 5.75 Å². The van der Waals surface area contributed by atoms with Crippen molar-refractivity contribution in [3.8, 4) is 5.75 Å². The molecule has 7 heteroatoms. The van der Waals surface area contributed by atoms with Gasteiger partial charge in [-0.3, -0.25) is 19.4 Å². The largest absolute Gasteiger partial charge is 0.449 e. The maximum Gasteiger partial charge on any atom is 0.294 e. The third-order valence-electron chi connectivity index (χ3n) is 8.73. The third-order valence-corrected chi connectivity index (χ3v) is 8.73. The van der Waals surface area contributed by atoms with Crippen molar-refractivity contribution >= 4 is 29.3 Å². The molecule has 2 amide bonds. The monoisotopic (exact) mass is 600 g/mol. The number of hydrogen-bond acceptors (Lipinski definition) is 5. The summed E-state index contributed by atoms with van der Waals surface area (Å²) in [5, 5.41) is 3.06. The average Bonchev–Trinajstić information content (AvgIpc) is 3.05. The lowest BCUT2D eigenvalue weighted by atomic mass is 10.1. The summed E-state index contributed by atoms with van der Waals surface area (Å²) in [6, 6.07) is 29.5. The van der Waals surface area contributed by atoms with Gasteiger partial charge in [-0.1, -0.05) is 66.2 Å². The number of benzene rings is 4. The van der Waals surface area contributed by atoms with Crippen LogP contribution in [0.25, 0.3) is 6.08 Å². The van der Waals surface area contributed by atoms with E-state index in [-0.39, 0.29) is 17.6 Å².